The molecular formula is C26H25BrN4O2S. The van der Waals surface area contributed by atoms with E-state index in [0.29, 0.717) is 16.5 Å². The molecule has 2 N–H and O–H groups in total. The Bertz CT molecular complexity index is 1380. The molecule has 0 saturated carbocycles. The zero-order valence-corrected chi connectivity index (χ0v) is 21.8. The lowest BCUT2D eigenvalue weighted by molar-refractivity contribution is -0.113. The summed E-state index contributed by atoms with van der Waals surface area (Å²) >= 11 is 4.83. The number of anilines is 1. The maximum Gasteiger partial charge on any atom is 0.234 e. The van der Waals surface area contributed by atoms with Crippen LogP contribution in [-0.2, 0) is 4.79 Å². The Hall–Kier alpha value is -3.10. The number of hydrogen-bond donors (Lipinski definition) is 2. The molecule has 0 saturated heterocycles. The van der Waals surface area contributed by atoms with Crippen molar-refractivity contribution in [3.05, 3.63) is 81.3 Å². The van der Waals surface area contributed by atoms with Gasteiger partial charge in [0.2, 0.25) is 5.91 Å². The molecule has 0 aliphatic rings. The van der Waals surface area contributed by atoms with Crippen molar-refractivity contribution in [2.45, 2.75) is 32.9 Å². The number of phenols is 1. The number of phenolic OH excluding ortho intramolecular Hbond substituents is 1. The van der Waals surface area contributed by atoms with Crippen LogP contribution in [0, 0.1) is 27.7 Å². The molecule has 0 spiro atoms. The topological polar surface area (TPSA) is 80.0 Å². The number of benzene rings is 3. The van der Waals surface area contributed by atoms with Crippen LogP contribution in [0.1, 0.15) is 22.3 Å². The lowest BCUT2D eigenvalue weighted by Crippen LogP contribution is -2.15. The smallest absolute Gasteiger partial charge is 0.234 e. The summed E-state index contributed by atoms with van der Waals surface area (Å²) in [6.07, 6.45) is 0. The molecule has 0 unspecified atom stereocenters. The van der Waals surface area contributed by atoms with Crippen molar-refractivity contribution in [2.24, 2.45) is 0 Å². The number of para-hydroxylation sites is 1. The monoisotopic (exact) mass is 536 g/mol. The molecule has 3 aromatic carbocycles. The van der Waals surface area contributed by atoms with E-state index in [9.17, 15) is 9.90 Å². The standard InChI is InChI=1S/C26H25BrN4O2S/c1-15-9-12-22(16(2)13-15)31-25(19-7-5-6-8-23(19)32)29-30-26(31)34-14-24(33)28-21-11-10-20(27)17(3)18(21)4/h5-13,32H,14H2,1-4H3,(H,28,33). The van der Waals surface area contributed by atoms with Crippen LogP contribution in [0.2, 0.25) is 0 Å². The summed E-state index contributed by atoms with van der Waals surface area (Å²) in [4.78, 5) is 12.8. The van der Waals surface area contributed by atoms with Crippen LogP contribution in [0.15, 0.2) is 64.2 Å². The van der Waals surface area contributed by atoms with Gasteiger partial charge in [-0.2, -0.15) is 0 Å². The first-order chi connectivity index (χ1) is 16.3. The second-order valence-corrected chi connectivity index (χ2v) is 9.93. The number of nitrogens with one attached hydrogen (secondary N) is 1. The molecule has 0 atom stereocenters. The Labute approximate surface area is 211 Å². The summed E-state index contributed by atoms with van der Waals surface area (Å²) in [5.41, 5.74) is 6.57. The van der Waals surface area contributed by atoms with Crippen LogP contribution < -0.4 is 5.32 Å². The average molecular weight is 537 g/mol. The van der Waals surface area contributed by atoms with Crippen LogP contribution in [-0.4, -0.2) is 31.5 Å². The van der Waals surface area contributed by atoms with Crippen molar-refractivity contribution < 1.29 is 9.90 Å². The highest BCUT2D eigenvalue weighted by atomic mass is 79.9. The predicted molar refractivity (Wildman–Crippen MR) is 141 cm³/mol. The molecule has 0 fully saturated rings. The fourth-order valence-corrected chi connectivity index (χ4v) is 4.89. The van der Waals surface area contributed by atoms with Gasteiger partial charge in [-0.1, -0.05) is 57.5 Å². The zero-order chi connectivity index (χ0) is 24.4. The van der Waals surface area contributed by atoms with Gasteiger partial charge >= 0.3 is 0 Å². The van der Waals surface area contributed by atoms with Crippen molar-refractivity contribution in [1.29, 1.82) is 0 Å². The number of rotatable bonds is 6. The lowest BCUT2D eigenvalue weighted by atomic mass is 10.1. The van der Waals surface area contributed by atoms with Crippen LogP contribution >= 0.6 is 27.7 Å². The molecule has 1 aromatic heterocycles. The fraction of sp³-hybridized carbons (Fsp3) is 0.192. The van der Waals surface area contributed by atoms with Crippen LogP contribution in [0.5, 0.6) is 5.75 Å². The predicted octanol–water partition coefficient (Wildman–Crippen LogP) is 6.37. The molecule has 34 heavy (non-hydrogen) atoms. The Morgan fingerprint density at radius 1 is 1.03 bits per heavy atom. The third-order valence-electron chi connectivity index (χ3n) is 5.70. The summed E-state index contributed by atoms with van der Waals surface area (Å²) in [5.74, 6) is 0.677. The fourth-order valence-electron chi connectivity index (χ4n) is 3.71. The first-order valence-corrected chi connectivity index (χ1v) is 12.5. The van der Waals surface area contributed by atoms with Crippen molar-refractivity contribution in [3.8, 4) is 22.8 Å². The number of aromatic hydroxyl groups is 1. The molecule has 1 amide bonds. The van der Waals surface area contributed by atoms with E-state index >= 15 is 0 Å². The van der Waals surface area contributed by atoms with E-state index in [0.717, 1.165) is 38.1 Å². The van der Waals surface area contributed by atoms with Gasteiger partial charge in [-0.25, -0.2) is 0 Å². The molecule has 174 valence electrons. The minimum atomic E-state index is -0.130. The molecule has 8 heteroatoms. The van der Waals surface area contributed by atoms with E-state index in [1.165, 1.54) is 11.8 Å². The number of halogens is 1. The SMILES string of the molecule is Cc1ccc(-n2c(SCC(=O)Nc3ccc(Br)c(C)c3C)nnc2-c2ccccc2O)c(C)c1. The summed E-state index contributed by atoms with van der Waals surface area (Å²) in [6.45, 7) is 8.06. The zero-order valence-electron chi connectivity index (χ0n) is 19.4. The number of carbonyl (C=O) groups is 1. The van der Waals surface area contributed by atoms with Crippen molar-refractivity contribution in [2.75, 3.05) is 11.1 Å². The Morgan fingerprint density at radius 2 is 1.79 bits per heavy atom. The highest BCUT2D eigenvalue weighted by Crippen LogP contribution is 2.34. The third kappa shape index (κ3) is 4.88. The molecule has 4 rings (SSSR count). The molecule has 4 aromatic rings. The van der Waals surface area contributed by atoms with Gasteiger partial charge < -0.3 is 10.4 Å². The highest BCUT2D eigenvalue weighted by Gasteiger charge is 2.20. The molecule has 0 radical (unpaired) electrons. The maximum absolute atomic E-state index is 12.8. The van der Waals surface area contributed by atoms with Gasteiger partial charge in [0.15, 0.2) is 11.0 Å². The first-order valence-electron chi connectivity index (χ1n) is 10.8. The van der Waals surface area contributed by atoms with Gasteiger partial charge in [0, 0.05) is 10.2 Å². The van der Waals surface area contributed by atoms with E-state index in [-0.39, 0.29) is 17.4 Å². The largest absolute Gasteiger partial charge is 0.507 e. The second kappa shape index (κ2) is 10.0. The minimum Gasteiger partial charge on any atom is -0.507 e. The number of aryl methyl sites for hydroxylation is 2. The maximum atomic E-state index is 12.8. The van der Waals surface area contributed by atoms with Gasteiger partial charge in [-0.3, -0.25) is 9.36 Å². The van der Waals surface area contributed by atoms with Gasteiger partial charge in [0.1, 0.15) is 5.75 Å². The molecule has 0 aliphatic carbocycles. The van der Waals surface area contributed by atoms with Crippen LogP contribution in [0.4, 0.5) is 5.69 Å². The number of carbonyl (C=O) groups excluding carboxylic acids is 1. The van der Waals surface area contributed by atoms with Crippen molar-refractivity contribution in [1.82, 2.24) is 14.8 Å². The van der Waals surface area contributed by atoms with Crippen molar-refractivity contribution >= 4 is 39.3 Å². The number of aromatic nitrogens is 3. The van der Waals surface area contributed by atoms with Gasteiger partial charge in [-0.05, 0) is 74.7 Å². The van der Waals surface area contributed by atoms with E-state index in [2.05, 4.69) is 37.5 Å². The number of nitrogens with zero attached hydrogens (tertiary/aromatic N) is 3. The average Bonchev–Trinajstić information content (AvgIpc) is 3.22. The van der Waals surface area contributed by atoms with Gasteiger partial charge in [-0.15, -0.1) is 10.2 Å². The summed E-state index contributed by atoms with van der Waals surface area (Å²) in [5, 5.41) is 22.8. The summed E-state index contributed by atoms with van der Waals surface area (Å²) in [7, 11) is 0. The Balaban J connectivity index is 1.65. The quantitative estimate of drug-likeness (QED) is 0.280. The first kappa shape index (κ1) is 24.0. The second-order valence-electron chi connectivity index (χ2n) is 8.13. The van der Waals surface area contributed by atoms with E-state index in [1.54, 1.807) is 18.2 Å². The summed E-state index contributed by atoms with van der Waals surface area (Å²) < 4.78 is 2.91. The number of thioether (sulfide) groups is 1. The Kier molecular flexibility index (Phi) is 7.09. The van der Waals surface area contributed by atoms with E-state index < -0.39 is 0 Å². The van der Waals surface area contributed by atoms with Gasteiger partial charge in [0.05, 0.1) is 17.0 Å². The lowest BCUT2D eigenvalue weighted by Gasteiger charge is -2.14. The van der Waals surface area contributed by atoms with Crippen molar-refractivity contribution in [3.63, 3.8) is 0 Å². The van der Waals surface area contributed by atoms with E-state index in [4.69, 9.17) is 0 Å². The molecular weight excluding hydrogens is 512 g/mol. The summed E-state index contributed by atoms with van der Waals surface area (Å²) in [6, 6.07) is 17.0. The van der Waals surface area contributed by atoms with E-state index in [1.807, 2.05) is 62.6 Å². The normalized spacial score (nSPS) is 11.0. The highest BCUT2D eigenvalue weighted by molar-refractivity contribution is 9.10. The minimum absolute atomic E-state index is 0.122. The number of hydrogen-bond acceptors (Lipinski definition) is 5. The molecule has 6 nitrogen and oxygen atoms in total. The van der Waals surface area contributed by atoms with Crippen LogP contribution in [0.3, 0.4) is 0 Å². The third-order valence-corrected chi connectivity index (χ3v) is 7.49. The molecule has 1 heterocycles. The molecule has 0 aliphatic heterocycles. The molecule has 0 bridgehead atoms. The Morgan fingerprint density at radius 3 is 2.53 bits per heavy atom. The van der Waals surface area contributed by atoms with Gasteiger partial charge in [0.25, 0.3) is 0 Å². The number of amides is 1. The van der Waals surface area contributed by atoms with Crippen LogP contribution in [0.25, 0.3) is 17.1 Å².